The minimum atomic E-state index is -0.460. The normalized spacial score (nSPS) is 9.25. The van der Waals surface area contributed by atoms with Crippen LogP contribution in [0.1, 0.15) is 16.8 Å². The first kappa shape index (κ1) is 12.2. The van der Waals surface area contributed by atoms with Crippen molar-refractivity contribution in [2.24, 2.45) is 0 Å². The Morgan fingerprint density at radius 2 is 2.19 bits per heavy atom. The van der Waals surface area contributed by atoms with Gasteiger partial charge in [0, 0.05) is 10.6 Å². The molecule has 1 rings (SSSR count). The number of carbonyl (C=O) groups excluding carboxylic acids is 2. The van der Waals surface area contributed by atoms with Crippen molar-refractivity contribution in [3.8, 4) is 6.07 Å². The largest absolute Gasteiger partial charge is 0.348 e. The highest BCUT2D eigenvalue weighted by Crippen LogP contribution is 2.10. The van der Waals surface area contributed by atoms with Crippen molar-refractivity contribution in [1.82, 2.24) is 5.32 Å². The first-order valence-corrected chi connectivity index (χ1v) is 4.93. The van der Waals surface area contributed by atoms with Gasteiger partial charge in [0.05, 0.1) is 12.6 Å². The lowest BCUT2D eigenvalue weighted by Crippen LogP contribution is -2.28. The van der Waals surface area contributed by atoms with E-state index >= 15 is 0 Å². The Morgan fingerprint density at radius 1 is 1.44 bits per heavy atom. The van der Waals surface area contributed by atoms with Crippen LogP contribution in [0.4, 0.5) is 0 Å². The highest BCUT2D eigenvalue weighted by atomic mass is 35.5. The molecular formula is C11H9ClN2O2. The number of Topliss-reactive ketones (excluding diaryl/α,β-unsaturated/α-hetero) is 1. The predicted molar refractivity (Wildman–Crippen MR) is 59.0 cm³/mol. The molecular weight excluding hydrogens is 228 g/mol. The molecule has 0 fully saturated rings. The second kappa shape index (κ2) is 5.89. The van der Waals surface area contributed by atoms with E-state index in [2.05, 4.69) is 5.32 Å². The summed E-state index contributed by atoms with van der Waals surface area (Å²) in [6.45, 7) is -0.124. The monoisotopic (exact) mass is 236 g/mol. The van der Waals surface area contributed by atoms with Crippen molar-refractivity contribution < 1.29 is 9.59 Å². The Kier molecular flexibility index (Phi) is 4.49. The molecule has 0 spiro atoms. The third-order valence-corrected chi connectivity index (χ3v) is 2.07. The molecule has 1 N–H and O–H groups in total. The van der Waals surface area contributed by atoms with Gasteiger partial charge in [0.25, 0.3) is 0 Å². The molecule has 0 bridgehead atoms. The van der Waals surface area contributed by atoms with E-state index in [-0.39, 0.29) is 18.7 Å². The Morgan fingerprint density at radius 3 is 2.81 bits per heavy atom. The summed E-state index contributed by atoms with van der Waals surface area (Å²) in [4.78, 5) is 22.5. The number of benzene rings is 1. The molecule has 1 amide bonds. The van der Waals surface area contributed by atoms with Crippen LogP contribution in [0.5, 0.6) is 0 Å². The zero-order valence-electron chi connectivity index (χ0n) is 8.37. The zero-order valence-corrected chi connectivity index (χ0v) is 9.12. The first-order valence-electron chi connectivity index (χ1n) is 4.56. The van der Waals surface area contributed by atoms with E-state index in [1.54, 1.807) is 24.3 Å². The summed E-state index contributed by atoms with van der Waals surface area (Å²) in [6, 6.07) is 8.16. The first-order chi connectivity index (χ1) is 7.63. The molecule has 16 heavy (non-hydrogen) atoms. The van der Waals surface area contributed by atoms with Crippen LogP contribution in [0.2, 0.25) is 5.02 Å². The summed E-state index contributed by atoms with van der Waals surface area (Å²) in [5.41, 5.74) is 0.435. The van der Waals surface area contributed by atoms with Crippen LogP contribution in [0, 0.1) is 11.3 Å². The fraction of sp³-hybridized carbons (Fsp3) is 0.182. The average molecular weight is 237 g/mol. The Balaban J connectivity index is 2.54. The number of carbonyl (C=O) groups is 2. The lowest BCUT2D eigenvalue weighted by Gasteiger charge is -2.02. The third-order valence-electron chi connectivity index (χ3n) is 1.83. The molecule has 0 aliphatic heterocycles. The van der Waals surface area contributed by atoms with Gasteiger partial charge in [0.1, 0.15) is 6.42 Å². The summed E-state index contributed by atoms with van der Waals surface area (Å²) in [7, 11) is 0. The number of halogens is 1. The minimum Gasteiger partial charge on any atom is -0.348 e. The van der Waals surface area contributed by atoms with Gasteiger partial charge < -0.3 is 5.32 Å². The van der Waals surface area contributed by atoms with E-state index in [1.165, 1.54) is 6.07 Å². The Hall–Kier alpha value is -1.86. The number of nitriles is 1. The van der Waals surface area contributed by atoms with Gasteiger partial charge in [-0.1, -0.05) is 23.7 Å². The van der Waals surface area contributed by atoms with Crippen LogP contribution < -0.4 is 5.32 Å². The Bertz CT molecular complexity index is 452. The van der Waals surface area contributed by atoms with Crippen LogP contribution in [0.25, 0.3) is 0 Å². The number of hydrogen-bond donors (Lipinski definition) is 1. The molecule has 4 nitrogen and oxygen atoms in total. The maximum atomic E-state index is 11.5. The molecule has 0 radical (unpaired) electrons. The van der Waals surface area contributed by atoms with E-state index in [4.69, 9.17) is 16.9 Å². The summed E-state index contributed by atoms with van der Waals surface area (Å²) in [6.07, 6.45) is -0.247. The Labute approximate surface area is 97.8 Å². The van der Waals surface area contributed by atoms with E-state index in [0.29, 0.717) is 10.6 Å². The minimum absolute atomic E-state index is 0.124. The van der Waals surface area contributed by atoms with Crippen LogP contribution in [-0.2, 0) is 4.79 Å². The maximum absolute atomic E-state index is 11.5. The highest BCUT2D eigenvalue weighted by Gasteiger charge is 2.07. The van der Waals surface area contributed by atoms with E-state index < -0.39 is 5.91 Å². The van der Waals surface area contributed by atoms with Crippen LogP contribution in [-0.4, -0.2) is 18.2 Å². The second-order valence-electron chi connectivity index (χ2n) is 3.05. The van der Waals surface area contributed by atoms with Gasteiger partial charge in [-0.3, -0.25) is 9.59 Å². The standard InChI is InChI=1S/C11H9ClN2O2/c12-9-3-1-2-8(6-9)10(15)7-14-11(16)4-5-13/h1-3,6H,4,7H2,(H,14,16). The summed E-state index contributed by atoms with van der Waals surface area (Å²) >= 11 is 5.72. The molecule has 0 aromatic heterocycles. The van der Waals surface area contributed by atoms with Crippen molar-refractivity contribution >= 4 is 23.3 Å². The van der Waals surface area contributed by atoms with Crippen molar-refractivity contribution in [3.63, 3.8) is 0 Å². The van der Waals surface area contributed by atoms with Crippen LogP contribution >= 0.6 is 11.6 Å². The fourth-order valence-electron chi connectivity index (χ4n) is 1.08. The van der Waals surface area contributed by atoms with Gasteiger partial charge in [-0.25, -0.2) is 0 Å². The lowest BCUT2D eigenvalue weighted by molar-refractivity contribution is -0.119. The molecule has 0 saturated heterocycles. The smallest absolute Gasteiger partial charge is 0.234 e. The van der Waals surface area contributed by atoms with Crippen molar-refractivity contribution in [2.75, 3.05) is 6.54 Å². The molecule has 5 heteroatoms. The fourth-order valence-corrected chi connectivity index (χ4v) is 1.27. The van der Waals surface area contributed by atoms with Gasteiger partial charge in [-0.05, 0) is 12.1 Å². The molecule has 0 unspecified atom stereocenters. The van der Waals surface area contributed by atoms with Gasteiger partial charge in [0.2, 0.25) is 5.91 Å². The summed E-state index contributed by atoms with van der Waals surface area (Å²) in [5.74, 6) is -0.702. The van der Waals surface area contributed by atoms with Crippen molar-refractivity contribution in [2.45, 2.75) is 6.42 Å². The summed E-state index contributed by atoms with van der Waals surface area (Å²) in [5, 5.41) is 11.1. The lowest BCUT2D eigenvalue weighted by atomic mass is 10.1. The number of ketones is 1. The van der Waals surface area contributed by atoms with Gasteiger partial charge in [-0.2, -0.15) is 5.26 Å². The van der Waals surface area contributed by atoms with Gasteiger partial charge in [0.15, 0.2) is 5.78 Å². The predicted octanol–water partition coefficient (Wildman–Crippen LogP) is 1.55. The summed E-state index contributed by atoms with van der Waals surface area (Å²) < 4.78 is 0. The average Bonchev–Trinajstić information content (AvgIpc) is 2.26. The number of amides is 1. The molecule has 82 valence electrons. The molecule has 0 aliphatic carbocycles. The van der Waals surface area contributed by atoms with Gasteiger partial charge >= 0.3 is 0 Å². The van der Waals surface area contributed by atoms with Gasteiger partial charge in [-0.15, -0.1) is 0 Å². The van der Waals surface area contributed by atoms with Crippen molar-refractivity contribution in [1.29, 1.82) is 5.26 Å². The molecule has 0 aliphatic rings. The van der Waals surface area contributed by atoms with Crippen LogP contribution in [0.15, 0.2) is 24.3 Å². The topological polar surface area (TPSA) is 70.0 Å². The molecule has 0 saturated carbocycles. The van der Waals surface area contributed by atoms with E-state index in [1.807, 2.05) is 0 Å². The van der Waals surface area contributed by atoms with Crippen molar-refractivity contribution in [3.05, 3.63) is 34.9 Å². The second-order valence-corrected chi connectivity index (χ2v) is 3.48. The molecule has 1 aromatic rings. The third kappa shape index (κ3) is 3.71. The van der Waals surface area contributed by atoms with E-state index in [0.717, 1.165) is 0 Å². The number of nitrogens with zero attached hydrogens (tertiary/aromatic N) is 1. The quantitative estimate of drug-likeness (QED) is 0.807. The molecule has 1 aromatic carbocycles. The molecule has 0 atom stereocenters. The van der Waals surface area contributed by atoms with Crippen LogP contribution in [0.3, 0.4) is 0 Å². The number of rotatable bonds is 4. The SMILES string of the molecule is N#CCC(=O)NCC(=O)c1cccc(Cl)c1. The zero-order chi connectivity index (χ0) is 12.0. The maximum Gasteiger partial charge on any atom is 0.234 e. The highest BCUT2D eigenvalue weighted by molar-refractivity contribution is 6.31. The van der Waals surface area contributed by atoms with E-state index in [9.17, 15) is 9.59 Å². The molecule has 0 heterocycles. The number of nitrogens with one attached hydrogen (secondary N) is 1. The number of hydrogen-bond acceptors (Lipinski definition) is 3.